The molecule has 62 valence electrons. The highest BCUT2D eigenvalue weighted by Gasteiger charge is 1.99. The van der Waals surface area contributed by atoms with Gasteiger partial charge in [-0.3, -0.25) is 0 Å². The Balaban J connectivity index is 2.62. The van der Waals surface area contributed by atoms with Crippen molar-refractivity contribution in [1.82, 2.24) is 0 Å². The number of hydrogen-bond acceptors (Lipinski definition) is 0. The van der Waals surface area contributed by atoms with Crippen molar-refractivity contribution < 1.29 is 0 Å². The molecule has 2 rings (SSSR count). The lowest BCUT2D eigenvalue weighted by molar-refractivity contribution is 0.865. The first-order valence-corrected chi connectivity index (χ1v) is 4.58. The van der Waals surface area contributed by atoms with Crippen LogP contribution in [0.2, 0.25) is 0 Å². The van der Waals surface area contributed by atoms with Crippen molar-refractivity contribution in [3.8, 4) is 0 Å². The Kier molecular flexibility index (Phi) is 1.76. The molecular formula is C12H14. The molecule has 0 radical (unpaired) electrons. The molecule has 0 atom stereocenters. The van der Waals surface area contributed by atoms with Crippen LogP contribution in [0.1, 0.15) is 31.7 Å². The van der Waals surface area contributed by atoms with E-state index < -0.39 is 0 Å². The zero-order valence-electron chi connectivity index (χ0n) is 7.67. The molecule has 0 heteroatoms. The molecule has 0 nitrogen and oxygen atoms in total. The number of rotatable bonds is 1. The summed E-state index contributed by atoms with van der Waals surface area (Å²) in [5, 5.41) is 2.82. The molecule has 12 heavy (non-hydrogen) atoms. The molecule has 0 spiro atoms. The van der Waals surface area contributed by atoms with Crippen molar-refractivity contribution >= 4 is 12.2 Å². The van der Waals surface area contributed by atoms with Gasteiger partial charge in [0.1, 0.15) is 0 Å². The average molecular weight is 158 g/mol. The lowest BCUT2D eigenvalue weighted by atomic mass is 10.0. The summed E-state index contributed by atoms with van der Waals surface area (Å²) >= 11 is 0. The fourth-order valence-corrected chi connectivity index (χ4v) is 1.63. The Morgan fingerprint density at radius 3 is 2.58 bits per heavy atom. The number of hydrogen-bond donors (Lipinski definition) is 0. The van der Waals surface area contributed by atoms with E-state index in [0.717, 1.165) is 6.42 Å². The molecule has 1 aromatic carbocycles. The standard InChI is InChI=1S/C12H14/c1-9(2)11-7-6-10-4-3-5-12(10)8-11/h4-9H,3H2,1-2H3. The van der Waals surface area contributed by atoms with Gasteiger partial charge in [-0.1, -0.05) is 44.2 Å². The molecule has 0 N–H and O–H groups in total. The van der Waals surface area contributed by atoms with E-state index in [4.69, 9.17) is 0 Å². The molecule has 0 aromatic heterocycles. The highest BCUT2D eigenvalue weighted by atomic mass is 14.0. The zero-order valence-corrected chi connectivity index (χ0v) is 7.67. The lowest BCUT2D eigenvalue weighted by Crippen LogP contribution is -2.21. The summed E-state index contributed by atoms with van der Waals surface area (Å²) in [6, 6.07) is 6.77. The molecule has 1 aliphatic carbocycles. The number of fused-ring (bicyclic) bond motifs is 1. The first-order chi connectivity index (χ1) is 5.77. The second-order valence-electron chi connectivity index (χ2n) is 3.69. The van der Waals surface area contributed by atoms with Crippen LogP contribution in [0.5, 0.6) is 0 Å². The number of benzene rings is 1. The van der Waals surface area contributed by atoms with Crippen LogP contribution in [0.4, 0.5) is 0 Å². The molecule has 0 saturated heterocycles. The van der Waals surface area contributed by atoms with E-state index in [1.165, 1.54) is 16.0 Å². The van der Waals surface area contributed by atoms with Gasteiger partial charge in [-0.15, -0.1) is 0 Å². The molecule has 1 aromatic rings. The highest BCUT2D eigenvalue weighted by molar-refractivity contribution is 5.47. The topological polar surface area (TPSA) is 0 Å². The van der Waals surface area contributed by atoms with E-state index >= 15 is 0 Å². The third-order valence-corrected chi connectivity index (χ3v) is 2.45. The molecular weight excluding hydrogens is 144 g/mol. The Hall–Kier alpha value is -1.04. The minimum Gasteiger partial charge on any atom is -0.0729 e. The summed E-state index contributed by atoms with van der Waals surface area (Å²) < 4.78 is 0. The fraction of sp³-hybridized carbons (Fsp3) is 0.333. The van der Waals surface area contributed by atoms with Crippen molar-refractivity contribution in [2.75, 3.05) is 0 Å². The van der Waals surface area contributed by atoms with Gasteiger partial charge in [-0.2, -0.15) is 0 Å². The van der Waals surface area contributed by atoms with Crippen molar-refractivity contribution in [2.24, 2.45) is 0 Å². The second kappa shape index (κ2) is 2.78. The monoisotopic (exact) mass is 158 g/mol. The minimum atomic E-state index is 0.643. The summed E-state index contributed by atoms with van der Waals surface area (Å²) in [7, 11) is 0. The summed E-state index contributed by atoms with van der Waals surface area (Å²) in [6.07, 6.45) is 5.68. The maximum Gasteiger partial charge on any atom is -0.0151 e. The van der Waals surface area contributed by atoms with Gasteiger partial charge in [0.05, 0.1) is 0 Å². The van der Waals surface area contributed by atoms with Crippen LogP contribution < -0.4 is 10.4 Å². The molecule has 0 unspecified atom stereocenters. The van der Waals surface area contributed by atoms with Crippen molar-refractivity contribution in [2.45, 2.75) is 26.2 Å². The Morgan fingerprint density at radius 1 is 1.08 bits per heavy atom. The first kappa shape index (κ1) is 7.60. The van der Waals surface area contributed by atoms with E-state index in [1.807, 2.05) is 0 Å². The zero-order chi connectivity index (χ0) is 8.55. The summed E-state index contributed by atoms with van der Waals surface area (Å²) in [6.45, 7) is 4.47. The summed E-state index contributed by atoms with van der Waals surface area (Å²) in [5.41, 5.74) is 1.44. The SMILES string of the molecule is CC(C)c1ccc2c(c1)=CCC=2. The Bertz CT molecular complexity index is 397. The molecule has 0 aliphatic heterocycles. The minimum absolute atomic E-state index is 0.643. The third-order valence-electron chi connectivity index (χ3n) is 2.45. The van der Waals surface area contributed by atoms with Gasteiger partial charge in [0.2, 0.25) is 0 Å². The van der Waals surface area contributed by atoms with Gasteiger partial charge >= 0.3 is 0 Å². The Labute approximate surface area is 73.2 Å². The molecule has 1 aliphatic rings. The van der Waals surface area contributed by atoms with Crippen LogP contribution in [-0.2, 0) is 0 Å². The quantitative estimate of drug-likeness (QED) is 0.584. The smallest absolute Gasteiger partial charge is 0.0151 e. The predicted octanol–water partition coefficient (Wildman–Crippen LogP) is 1.77. The largest absolute Gasteiger partial charge is 0.0729 e. The average Bonchev–Trinajstić information content (AvgIpc) is 2.49. The first-order valence-electron chi connectivity index (χ1n) is 4.58. The molecule has 0 saturated carbocycles. The van der Waals surface area contributed by atoms with Crippen LogP contribution in [-0.4, -0.2) is 0 Å². The van der Waals surface area contributed by atoms with Crippen LogP contribution in [0, 0.1) is 0 Å². The summed E-state index contributed by atoms with van der Waals surface area (Å²) in [5.74, 6) is 0.643. The maximum atomic E-state index is 2.31. The maximum absolute atomic E-state index is 2.31. The van der Waals surface area contributed by atoms with E-state index in [2.05, 4.69) is 44.2 Å². The van der Waals surface area contributed by atoms with Gasteiger partial charge in [-0.25, -0.2) is 0 Å². The summed E-state index contributed by atoms with van der Waals surface area (Å²) in [4.78, 5) is 0. The van der Waals surface area contributed by atoms with Gasteiger partial charge in [0, 0.05) is 0 Å². The van der Waals surface area contributed by atoms with Crippen LogP contribution in [0.15, 0.2) is 18.2 Å². The van der Waals surface area contributed by atoms with E-state index in [-0.39, 0.29) is 0 Å². The fourth-order valence-electron chi connectivity index (χ4n) is 1.63. The normalized spacial score (nSPS) is 13.9. The van der Waals surface area contributed by atoms with E-state index in [1.54, 1.807) is 0 Å². The van der Waals surface area contributed by atoms with Crippen molar-refractivity contribution in [3.05, 3.63) is 34.2 Å². The van der Waals surface area contributed by atoms with E-state index in [9.17, 15) is 0 Å². The molecule has 0 heterocycles. The van der Waals surface area contributed by atoms with Gasteiger partial charge in [0.15, 0.2) is 0 Å². The van der Waals surface area contributed by atoms with E-state index in [0.29, 0.717) is 5.92 Å². The second-order valence-corrected chi connectivity index (χ2v) is 3.69. The van der Waals surface area contributed by atoms with Gasteiger partial charge in [-0.05, 0) is 28.3 Å². The van der Waals surface area contributed by atoms with Crippen LogP contribution in [0.25, 0.3) is 12.2 Å². The van der Waals surface area contributed by atoms with Crippen molar-refractivity contribution in [1.29, 1.82) is 0 Å². The van der Waals surface area contributed by atoms with Crippen LogP contribution >= 0.6 is 0 Å². The molecule has 0 fully saturated rings. The van der Waals surface area contributed by atoms with Crippen molar-refractivity contribution in [3.63, 3.8) is 0 Å². The molecule has 0 amide bonds. The predicted molar refractivity (Wildman–Crippen MR) is 53.3 cm³/mol. The van der Waals surface area contributed by atoms with Gasteiger partial charge < -0.3 is 0 Å². The Morgan fingerprint density at radius 2 is 1.83 bits per heavy atom. The molecule has 0 bridgehead atoms. The third kappa shape index (κ3) is 1.18. The van der Waals surface area contributed by atoms with Gasteiger partial charge in [0.25, 0.3) is 0 Å². The lowest BCUT2D eigenvalue weighted by Gasteiger charge is -2.03. The van der Waals surface area contributed by atoms with Crippen LogP contribution in [0.3, 0.4) is 0 Å². The highest BCUT2D eigenvalue weighted by Crippen LogP contribution is 2.10.